The number of morpholine rings is 1. The van der Waals surface area contributed by atoms with Crippen molar-refractivity contribution in [2.75, 3.05) is 38.2 Å². The summed E-state index contributed by atoms with van der Waals surface area (Å²) in [4.78, 5) is 30.6. The summed E-state index contributed by atoms with van der Waals surface area (Å²) in [5.74, 6) is -1.26. The van der Waals surface area contributed by atoms with E-state index in [4.69, 9.17) is 21.1 Å². The van der Waals surface area contributed by atoms with Crippen molar-refractivity contribution in [2.45, 2.75) is 4.90 Å². The van der Waals surface area contributed by atoms with E-state index in [-0.39, 0.29) is 28.7 Å². The number of hydrogen-bond donors (Lipinski definition) is 1. The first kappa shape index (κ1) is 25.8. The van der Waals surface area contributed by atoms with E-state index in [9.17, 15) is 18.0 Å². The summed E-state index contributed by atoms with van der Waals surface area (Å²) in [6, 6.07) is 15.4. The summed E-state index contributed by atoms with van der Waals surface area (Å²) in [5, 5.41) is 3.39. The van der Waals surface area contributed by atoms with Crippen LogP contribution in [-0.2, 0) is 24.3 Å². The largest absolute Gasteiger partial charge is 0.451 e. The number of halogens is 1. The fourth-order valence-electron chi connectivity index (χ4n) is 3.64. The van der Waals surface area contributed by atoms with E-state index in [1.807, 2.05) is 24.3 Å². The van der Waals surface area contributed by atoms with Gasteiger partial charge in [-0.1, -0.05) is 23.7 Å². The van der Waals surface area contributed by atoms with Crippen LogP contribution in [0.1, 0.15) is 9.67 Å². The molecule has 1 N–H and O–H groups in total. The van der Waals surface area contributed by atoms with E-state index in [1.165, 1.54) is 45.2 Å². The molecule has 1 aliphatic heterocycles. The molecule has 0 saturated carbocycles. The number of carbonyl (C=O) groups is 2. The van der Waals surface area contributed by atoms with Gasteiger partial charge in [0.1, 0.15) is 14.8 Å². The Hall–Kier alpha value is -2.87. The zero-order valence-electron chi connectivity index (χ0n) is 19.2. The number of benzene rings is 2. The van der Waals surface area contributed by atoms with Gasteiger partial charge >= 0.3 is 5.97 Å². The lowest BCUT2D eigenvalue weighted by Crippen LogP contribution is -2.40. The predicted octanol–water partition coefficient (Wildman–Crippen LogP) is 4.49. The standard InChI is InChI=1S/C24H20ClN3O6S3/c25-16-6-5-15(13-21(16)37(31,32)28-9-11-33-12-10-28)26-22(29)14-34-24(30)20-8-7-19(35-20)23-27-17-3-1-2-4-18(17)36-23/h1-8,13H,9-12,14H2,(H,26,29). The number of hydrogen-bond acceptors (Lipinski definition) is 9. The fraction of sp³-hybridized carbons (Fsp3) is 0.208. The van der Waals surface area contributed by atoms with Crippen LogP contribution < -0.4 is 5.32 Å². The maximum Gasteiger partial charge on any atom is 0.348 e. The first-order chi connectivity index (χ1) is 17.8. The third-order valence-corrected chi connectivity index (χ3v) is 10.1. The minimum absolute atomic E-state index is 0.0394. The van der Waals surface area contributed by atoms with Crippen molar-refractivity contribution in [3.8, 4) is 9.88 Å². The Labute approximate surface area is 225 Å². The molecule has 2 aromatic heterocycles. The summed E-state index contributed by atoms with van der Waals surface area (Å²) >= 11 is 8.92. The number of thiazole rings is 1. The number of esters is 1. The molecule has 13 heteroatoms. The van der Waals surface area contributed by atoms with Crippen molar-refractivity contribution in [1.29, 1.82) is 0 Å². The summed E-state index contributed by atoms with van der Waals surface area (Å²) in [5.41, 5.74) is 1.10. The van der Waals surface area contributed by atoms with E-state index in [2.05, 4.69) is 10.3 Å². The van der Waals surface area contributed by atoms with Gasteiger partial charge in [-0.15, -0.1) is 22.7 Å². The highest BCUT2D eigenvalue weighted by Gasteiger charge is 2.28. The van der Waals surface area contributed by atoms with E-state index in [1.54, 1.807) is 12.1 Å². The number of nitrogens with zero attached hydrogens (tertiary/aromatic N) is 2. The van der Waals surface area contributed by atoms with Crippen molar-refractivity contribution in [2.24, 2.45) is 0 Å². The maximum atomic E-state index is 13.0. The van der Waals surface area contributed by atoms with Gasteiger partial charge < -0.3 is 14.8 Å². The van der Waals surface area contributed by atoms with Gasteiger partial charge in [0.15, 0.2) is 6.61 Å². The quantitative estimate of drug-likeness (QED) is 0.322. The van der Waals surface area contributed by atoms with Crippen molar-refractivity contribution in [1.82, 2.24) is 9.29 Å². The number of nitrogens with one attached hydrogen (secondary N) is 1. The van der Waals surface area contributed by atoms with Crippen molar-refractivity contribution >= 4 is 72.1 Å². The van der Waals surface area contributed by atoms with Gasteiger partial charge in [0.2, 0.25) is 10.0 Å². The first-order valence-corrected chi connectivity index (χ1v) is 14.6. The fourth-order valence-corrected chi connectivity index (χ4v) is 7.47. The van der Waals surface area contributed by atoms with Crippen molar-refractivity contribution in [3.05, 3.63) is 64.5 Å². The number of ether oxygens (including phenoxy) is 2. The van der Waals surface area contributed by atoms with Crippen LogP contribution in [0.2, 0.25) is 5.02 Å². The highest BCUT2D eigenvalue weighted by Crippen LogP contribution is 2.34. The average Bonchev–Trinajstić information content (AvgIpc) is 3.56. The molecule has 0 spiro atoms. The number of fused-ring (bicyclic) bond motifs is 1. The molecule has 192 valence electrons. The van der Waals surface area contributed by atoms with Gasteiger partial charge in [-0.2, -0.15) is 4.31 Å². The minimum atomic E-state index is -3.86. The molecule has 1 amide bonds. The molecule has 0 radical (unpaired) electrons. The smallest absolute Gasteiger partial charge is 0.348 e. The highest BCUT2D eigenvalue weighted by molar-refractivity contribution is 7.89. The summed E-state index contributed by atoms with van der Waals surface area (Å²) < 4.78 is 38.7. The van der Waals surface area contributed by atoms with Crippen LogP contribution in [0.5, 0.6) is 0 Å². The Morgan fingerprint density at radius 2 is 1.86 bits per heavy atom. The molecule has 0 bridgehead atoms. The normalized spacial score (nSPS) is 14.5. The zero-order chi connectivity index (χ0) is 26.0. The summed E-state index contributed by atoms with van der Waals surface area (Å²) in [6.45, 7) is 0.487. The van der Waals surface area contributed by atoms with Crippen molar-refractivity contribution in [3.63, 3.8) is 0 Å². The van der Waals surface area contributed by atoms with Crippen LogP contribution in [0.4, 0.5) is 5.69 Å². The van der Waals surface area contributed by atoms with Gasteiger partial charge in [-0.25, -0.2) is 18.2 Å². The highest BCUT2D eigenvalue weighted by atomic mass is 35.5. The van der Waals surface area contributed by atoms with E-state index in [0.29, 0.717) is 18.1 Å². The third kappa shape index (κ3) is 5.69. The lowest BCUT2D eigenvalue weighted by atomic mass is 10.3. The Morgan fingerprint density at radius 3 is 2.65 bits per heavy atom. The van der Waals surface area contributed by atoms with Crippen LogP contribution in [0, 0.1) is 0 Å². The van der Waals surface area contributed by atoms with Crippen LogP contribution >= 0.6 is 34.3 Å². The number of para-hydroxylation sites is 1. The molecule has 0 unspecified atom stereocenters. The Bertz CT molecular complexity index is 1540. The summed E-state index contributed by atoms with van der Waals surface area (Å²) in [7, 11) is -3.86. The second-order valence-corrected chi connectivity index (χ2v) is 12.4. The van der Waals surface area contributed by atoms with Crippen molar-refractivity contribution < 1.29 is 27.5 Å². The van der Waals surface area contributed by atoms with Gasteiger partial charge in [0, 0.05) is 18.8 Å². The van der Waals surface area contributed by atoms with Crippen LogP contribution in [-0.4, -0.2) is 62.5 Å². The molecule has 4 aromatic rings. The van der Waals surface area contributed by atoms with E-state index < -0.39 is 28.5 Å². The lowest BCUT2D eigenvalue weighted by Gasteiger charge is -2.26. The molecule has 2 aromatic carbocycles. The van der Waals surface area contributed by atoms with Gasteiger partial charge in [0.25, 0.3) is 5.91 Å². The van der Waals surface area contributed by atoms with E-state index in [0.717, 1.165) is 20.1 Å². The molecule has 3 heterocycles. The predicted molar refractivity (Wildman–Crippen MR) is 143 cm³/mol. The average molecular weight is 578 g/mol. The Balaban J connectivity index is 1.21. The van der Waals surface area contributed by atoms with Crippen LogP contribution in [0.3, 0.4) is 0 Å². The van der Waals surface area contributed by atoms with Gasteiger partial charge in [-0.05, 0) is 42.5 Å². The van der Waals surface area contributed by atoms with Gasteiger partial charge in [-0.3, -0.25) is 4.79 Å². The Morgan fingerprint density at radius 1 is 1.08 bits per heavy atom. The molecule has 1 fully saturated rings. The van der Waals surface area contributed by atoms with Crippen LogP contribution in [0.25, 0.3) is 20.1 Å². The topological polar surface area (TPSA) is 115 Å². The molecular weight excluding hydrogens is 558 g/mol. The second-order valence-electron chi connectivity index (χ2n) is 7.94. The Kier molecular flexibility index (Phi) is 7.56. The lowest BCUT2D eigenvalue weighted by molar-refractivity contribution is -0.119. The van der Waals surface area contributed by atoms with E-state index >= 15 is 0 Å². The number of aromatic nitrogens is 1. The van der Waals surface area contributed by atoms with Crippen LogP contribution in [0.15, 0.2) is 59.5 Å². The summed E-state index contributed by atoms with van der Waals surface area (Å²) in [6.07, 6.45) is 0. The molecule has 1 saturated heterocycles. The van der Waals surface area contributed by atoms with Gasteiger partial charge in [0.05, 0.1) is 33.3 Å². The molecule has 37 heavy (non-hydrogen) atoms. The number of amides is 1. The molecule has 0 atom stereocenters. The molecule has 1 aliphatic rings. The first-order valence-electron chi connectivity index (χ1n) is 11.1. The monoisotopic (exact) mass is 577 g/mol. The molecule has 9 nitrogen and oxygen atoms in total. The number of sulfonamides is 1. The number of anilines is 1. The number of rotatable bonds is 7. The number of carbonyl (C=O) groups excluding carboxylic acids is 2. The molecule has 0 aliphatic carbocycles. The molecule has 5 rings (SSSR count). The number of thiophene rings is 1. The minimum Gasteiger partial charge on any atom is -0.451 e. The zero-order valence-corrected chi connectivity index (χ0v) is 22.4. The second kappa shape index (κ2) is 10.9. The molecular formula is C24H20ClN3O6S3. The maximum absolute atomic E-state index is 13.0. The third-order valence-electron chi connectivity index (χ3n) is 5.45. The SMILES string of the molecule is O=C(COC(=O)c1ccc(-c2nc3ccccc3s2)s1)Nc1ccc(Cl)c(S(=O)(=O)N2CCOCC2)c1.